The predicted octanol–water partition coefficient (Wildman–Crippen LogP) is 4.96. The number of hydrogen-bond acceptors (Lipinski definition) is 7. The van der Waals surface area contributed by atoms with Crippen molar-refractivity contribution in [3.05, 3.63) is 46.2 Å². The van der Waals surface area contributed by atoms with Gasteiger partial charge < -0.3 is 15.0 Å². The molecule has 0 unspecified atom stereocenters. The van der Waals surface area contributed by atoms with Crippen molar-refractivity contribution in [1.82, 2.24) is 14.9 Å². The summed E-state index contributed by atoms with van der Waals surface area (Å²) in [7, 11) is 0. The average Bonchev–Trinajstić information content (AvgIpc) is 3.57. The maximum Gasteiger partial charge on any atom is 0.273 e. The SMILES string of the molecule is Cc1cc(/C=C/C#N)cc(C)c1Oc1nc(NC23CC(C#N)(C2)C3)nc2c1[C@H](C)N(C1CC1)C2=O. The van der Waals surface area contributed by atoms with E-state index in [1.54, 1.807) is 6.08 Å². The Kier molecular flexibility index (Phi) is 4.50. The Balaban J connectivity index is 1.38. The molecular formula is C27H26N6O2. The highest BCUT2D eigenvalue weighted by atomic mass is 16.5. The minimum absolute atomic E-state index is 0.0678. The Morgan fingerprint density at radius 3 is 2.46 bits per heavy atom. The number of rotatable bonds is 6. The molecule has 1 N–H and O–H groups in total. The zero-order valence-electron chi connectivity index (χ0n) is 20.1. The van der Waals surface area contributed by atoms with Crippen molar-refractivity contribution in [2.45, 2.75) is 70.5 Å². The van der Waals surface area contributed by atoms with Crippen molar-refractivity contribution >= 4 is 17.9 Å². The van der Waals surface area contributed by atoms with Crippen LogP contribution in [0.15, 0.2) is 18.2 Å². The maximum absolute atomic E-state index is 13.4. The summed E-state index contributed by atoms with van der Waals surface area (Å²) < 4.78 is 6.46. The monoisotopic (exact) mass is 466 g/mol. The second-order valence-electron chi connectivity index (χ2n) is 10.6. The molecule has 2 heterocycles. The molecule has 8 heteroatoms. The molecule has 176 valence electrons. The van der Waals surface area contributed by atoms with Crippen LogP contribution in [0.1, 0.15) is 77.8 Å². The molecule has 1 aromatic heterocycles. The first-order valence-corrected chi connectivity index (χ1v) is 12.1. The third-order valence-electron chi connectivity index (χ3n) is 7.80. The summed E-state index contributed by atoms with van der Waals surface area (Å²) in [4.78, 5) is 24.7. The molecular weight excluding hydrogens is 440 g/mol. The van der Waals surface area contributed by atoms with Crippen LogP contribution in [0.2, 0.25) is 0 Å². The van der Waals surface area contributed by atoms with Crippen molar-refractivity contribution in [2.75, 3.05) is 5.32 Å². The predicted molar refractivity (Wildman–Crippen MR) is 129 cm³/mol. The van der Waals surface area contributed by atoms with Crippen LogP contribution in [0.4, 0.5) is 5.95 Å². The van der Waals surface area contributed by atoms with E-state index >= 15 is 0 Å². The number of aromatic nitrogens is 2. The van der Waals surface area contributed by atoms with Crippen molar-refractivity contribution in [3.63, 3.8) is 0 Å². The van der Waals surface area contributed by atoms with Gasteiger partial charge in [0.1, 0.15) is 11.4 Å². The van der Waals surface area contributed by atoms with Crippen molar-refractivity contribution in [1.29, 1.82) is 10.5 Å². The second kappa shape index (κ2) is 7.29. The Labute approximate surface area is 204 Å². The number of carbonyl (C=O) groups is 1. The fourth-order valence-electron chi connectivity index (χ4n) is 6.14. The quantitative estimate of drug-likeness (QED) is 0.598. The molecule has 2 aromatic rings. The van der Waals surface area contributed by atoms with Gasteiger partial charge in [0.15, 0.2) is 0 Å². The Hall–Kier alpha value is -3.91. The van der Waals surface area contributed by atoms with Crippen LogP contribution in [0.3, 0.4) is 0 Å². The van der Waals surface area contributed by atoms with E-state index in [9.17, 15) is 10.1 Å². The van der Waals surface area contributed by atoms with Gasteiger partial charge in [-0.2, -0.15) is 15.5 Å². The molecule has 35 heavy (non-hydrogen) atoms. The van der Waals surface area contributed by atoms with Crippen LogP contribution in [0, 0.1) is 41.9 Å². The Morgan fingerprint density at radius 2 is 1.86 bits per heavy atom. The van der Waals surface area contributed by atoms with E-state index in [2.05, 4.69) is 16.4 Å². The van der Waals surface area contributed by atoms with E-state index < -0.39 is 0 Å². The first kappa shape index (κ1) is 21.6. The molecule has 1 aromatic carbocycles. The van der Waals surface area contributed by atoms with Gasteiger partial charge in [-0.15, -0.1) is 0 Å². The third-order valence-corrected chi connectivity index (χ3v) is 7.80. The minimum Gasteiger partial charge on any atom is -0.438 e. The fraction of sp³-hybridized carbons (Fsp3) is 0.444. The number of nitrogens with one attached hydrogen (secondary N) is 1. The number of carbonyl (C=O) groups excluding carboxylic acids is 1. The number of ether oxygens (including phenoxy) is 1. The summed E-state index contributed by atoms with van der Waals surface area (Å²) in [6.45, 7) is 5.93. The number of fused-ring (bicyclic) bond motifs is 1. The van der Waals surface area contributed by atoms with E-state index in [0.717, 1.165) is 54.4 Å². The summed E-state index contributed by atoms with van der Waals surface area (Å²) in [5.74, 6) is 1.40. The number of nitrogens with zero attached hydrogens (tertiary/aromatic N) is 5. The highest BCUT2D eigenvalue weighted by Crippen LogP contribution is 2.67. The normalized spacial score (nSPS) is 28.1. The molecule has 4 saturated carbocycles. The molecule has 4 fully saturated rings. The second-order valence-corrected chi connectivity index (χ2v) is 10.6. The van der Waals surface area contributed by atoms with E-state index in [-0.39, 0.29) is 28.9 Å². The average molecular weight is 467 g/mol. The highest BCUT2D eigenvalue weighted by Gasteiger charge is 2.69. The number of hydrogen-bond donors (Lipinski definition) is 1. The zero-order valence-corrected chi connectivity index (χ0v) is 20.1. The summed E-state index contributed by atoms with van der Waals surface area (Å²) in [6, 6.07) is 8.45. The van der Waals surface area contributed by atoms with Crippen LogP contribution in [0.25, 0.3) is 6.08 Å². The topological polar surface area (TPSA) is 115 Å². The fourth-order valence-corrected chi connectivity index (χ4v) is 6.14. The molecule has 1 aliphatic heterocycles. The third kappa shape index (κ3) is 3.28. The molecule has 0 radical (unpaired) electrons. The van der Waals surface area contributed by atoms with E-state index in [0.29, 0.717) is 23.3 Å². The van der Waals surface area contributed by atoms with Gasteiger partial charge in [0, 0.05) is 17.7 Å². The number of amides is 1. The molecule has 0 spiro atoms. The lowest BCUT2D eigenvalue weighted by atomic mass is 9.40. The lowest BCUT2D eigenvalue weighted by Crippen LogP contribution is -2.70. The van der Waals surface area contributed by atoms with Gasteiger partial charge in [0.2, 0.25) is 11.8 Å². The lowest BCUT2D eigenvalue weighted by Gasteiger charge is -2.66. The summed E-state index contributed by atoms with van der Waals surface area (Å²) >= 11 is 0. The van der Waals surface area contributed by atoms with E-state index in [1.807, 2.05) is 43.9 Å². The largest absolute Gasteiger partial charge is 0.438 e. The van der Waals surface area contributed by atoms with Gasteiger partial charge in [0.05, 0.1) is 29.2 Å². The molecule has 4 aliphatic carbocycles. The number of aryl methyl sites for hydroxylation is 2. The first-order valence-electron chi connectivity index (χ1n) is 12.1. The molecule has 8 nitrogen and oxygen atoms in total. The van der Waals surface area contributed by atoms with Gasteiger partial charge in [-0.3, -0.25) is 4.79 Å². The van der Waals surface area contributed by atoms with Crippen molar-refractivity contribution in [2.24, 2.45) is 5.41 Å². The van der Waals surface area contributed by atoms with Gasteiger partial charge in [-0.05, 0) is 87.8 Å². The number of allylic oxidation sites excluding steroid dienone is 1. The van der Waals surface area contributed by atoms with Crippen LogP contribution in [-0.2, 0) is 0 Å². The van der Waals surface area contributed by atoms with Gasteiger partial charge in [0.25, 0.3) is 5.91 Å². The van der Waals surface area contributed by atoms with Crippen molar-refractivity contribution in [3.8, 4) is 23.8 Å². The summed E-state index contributed by atoms with van der Waals surface area (Å²) in [5, 5.41) is 21.6. The Bertz CT molecular complexity index is 1350. The molecule has 5 aliphatic rings. The standard InChI is InChI=1S/C27H26N6O2/c1-15-9-18(5-4-8-28)10-16(2)22(15)35-23-20-17(3)33(19-6-7-19)24(34)21(20)30-25(31-23)32-27-11-26(12-27,13-27)14-29/h4-5,9-10,17,19H,6-7,11-13H2,1-3H3,(H,30,31,32)/b5-4+/t17-,26?,27?/m0/s1. The highest BCUT2D eigenvalue weighted by molar-refractivity contribution is 5.98. The number of nitriles is 2. The molecule has 1 amide bonds. The van der Waals surface area contributed by atoms with Crippen molar-refractivity contribution < 1.29 is 9.53 Å². The summed E-state index contributed by atoms with van der Waals surface area (Å²) in [5.41, 5.74) is 3.51. The van der Waals surface area contributed by atoms with Crippen LogP contribution < -0.4 is 10.1 Å². The van der Waals surface area contributed by atoms with E-state index in [1.165, 1.54) is 6.08 Å². The lowest BCUT2D eigenvalue weighted by molar-refractivity contribution is -0.0665. The molecule has 7 rings (SSSR count). The van der Waals surface area contributed by atoms with Gasteiger partial charge in [-0.1, -0.05) is 0 Å². The first-order chi connectivity index (χ1) is 16.8. The van der Waals surface area contributed by atoms with Crippen LogP contribution >= 0.6 is 0 Å². The minimum atomic E-state index is -0.202. The molecule has 0 saturated heterocycles. The van der Waals surface area contributed by atoms with Crippen LogP contribution in [-0.4, -0.2) is 32.4 Å². The number of anilines is 1. The molecule has 1 atom stereocenters. The van der Waals surface area contributed by atoms with Gasteiger partial charge in [-0.25, -0.2) is 4.98 Å². The molecule has 2 bridgehead atoms. The summed E-state index contributed by atoms with van der Waals surface area (Å²) in [6.07, 6.45) is 7.57. The van der Waals surface area contributed by atoms with E-state index in [4.69, 9.17) is 15.0 Å². The zero-order chi connectivity index (χ0) is 24.5. The smallest absolute Gasteiger partial charge is 0.273 e. The van der Waals surface area contributed by atoms with Gasteiger partial charge >= 0.3 is 0 Å². The Morgan fingerprint density at radius 1 is 1.17 bits per heavy atom. The number of benzene rings is 1. The van der Waals surface area contributed by atoms with Crippen LogP contribution in [0.5, 0.6) is 11.6 Å². The maximum atomic E-state index is 13.4.